The molecule has 9 heteroatoms. The van der Waals surface area contributed by atoms with Crippen LogP contribution in [0.15, 0.2) is 71.6 Å². The molecule has 0 aromatic heterocycles. The Morgan fingerprint density at radius 3 is 2.23 bits per heavy atom. The van der Waals surface area contributed by atoms with E-state index >= 15 is 0 Å². The Morgan fingerprint density at radius 1 is 0.968 bits per heavy atom. The lowest BCUT2D eigenvalue weighted by Gasteiger charge is -2.12. The number of amides is 1. The van der Waals surface area contributed by atoms with Crippen molar-refractivity contribution in [2.75, 3.05) is 23.8 Å². The maximum atomic E-state index is 12.7. The smallest absolute Gasteiger partial charge is 0.261 e. The monoisotopic (exact) mass is 460 g/mol. The summed E-state index contributed by atoms with van der Waals surface area (Å²) >= 11 is 6.16. The molecule has 3 rings (SSSR count). The molecular weight excluding hydrogens is 440 g/mol. The number of sulfonamides is 1. The number of ether oxygens (including phenoxy) is 2. The van der Waals surface area contributed by atoms with Gasteiger partial charge >= 0.3 is 0 Å². The minimum absolute atomic E-state index is 0.0357. The normalized spacial score (nSPS) is 10.9. The second-order valence-corrected chi connectivity index (χ2v) is 8.48. The minimum Gasteiger partial charge on any atom is -0.497 e. The van der Waals surface area contributed by atoms with E-state index in [0.29, 0.717) is 23.8 Å². The Kier molecular flexibility index (Phi) is 7.04. The summed E-state index contributed by atoms with van der Waals surface area (Å²) in [6, 6.07) is 17.2. The van der Waals surface area contributed by atoms with E-state index in [-0.39, 0.29) is 21.2 Å². The van der Waals surface area contributed by atoms with Crippen molar-refractivity contribution in [3.63, 3.8) is 0 Å². The van der Waals surface area contributed by atoms with Gasteiger partial charge in [-0.15, -0.1) is 0 Å². The van der Waals surface area contributed by atoms with Crippen LogP contribution in [0.25, 0.3) is 0 Å². The van der Waals surface area contributed by atoms with Crippen LogP contribution in [-0.4, -0.2) is 28.0 Å². The van der Waals surface area contributed by atoms with Gasteiger partial charge in [-0.05, 0) is 73.7 Å². The highest BCUT2D eigenvalue weighted by Crippen LogP contribution is 2.27. The van der Waals surface area contributed by atoms with Crippen LogP contribution in [0, 0.1) is 0 Å². The van der Waals surface area contributed by atoms with Crippen LogP contribution in [0.5, 0.6) is 11.5 Å². The van der Waals surface area contributed by atoms with E-state index in [9.17, 15) is 13.2 Å². The first-order chi connectivity index (χ1) is 14.8. The highest BCUT2D eigenvalue weighted by molar-refractivity contribution is 7.92. The van der Waals surface area contributed by atoms with Crippen molar-refractivity contribution in [2.45, 2.75) is 11.8 Å². The number of anilines is 2. The Bertz CT molecular complexity index is 1160. The number of methoxy groups -OCH3 is 1. The number of hydrogen-bond acceptors (Lipinski definition) is 5. The van der Waals surface area contributed by atoms with Crippen LogP contribution in [0.4, 0.5) is 11.4 Å². The Hall–Kier alpha value is -3.23. The lowest BCUT2D eigenvalue weighted by molar-refractivity contribution is 0.102. The molecule has 0 atom stereocenters. The maximum Gasteiger partial charge on any atom is 0.261 e. The topological polar surface area (TPSA) is 93.7 Å². The van der Waals surface area contributed by atoms with Crippen molar-refractivity contribution in [2.24, 2.45) is 0 Å². The molecule has 31 heavy (non-hydrogen) atoms. The predicted molar refractivity (Wildman–Crippen MR) is 121 cm³/mol. The fourth-order valence-electron chi connectivity index (χ4n) is 2.71. The predicted octanol–water partition coefficient (Wildman–Crippen LogP) is 4.80. The van der Waals surface area contributed by atoms with Crippen LogP contribution in [0.3, 0.4) is 0 Å². The molecule has 3 aromatic rings. The van der Waals surface area contributed by atoms with Gasteiger partial charge in [-0.1, -0.05) is 11.6 Å². The first kappa shape index (κ1) is 22.5. The van der Waals surface area contributed by atoms with E-state index in [0.717, 1.165) is 0 Å². The fourth-order valence-corrected chi connectivity index (χ4v) is 4.00. The molecule has 0 spiro atoms. The molecule has 0 saturated carbocycles. The Morgan fingerprint density at radius 2 is 1.61 bits per heavy atom. The van der Waals surface area contributed by atoms with Gasteiger partial charge in [0.15, 0.2) is 0 Å². The van der Waals surface area contributed by atoms with Crippen molar-refractivity contribution in [1.29, 1.82) is 0 Å². The average Bonchev–Trinajstić information content (AvgIpc) is 2.76. The highest BCUT2D eigenvalue weighted by Gasteiger charge is 2.17. The molecule has 2 N–H and O–H groups in total. The molecule has 0 unspecified atom stereocenters. The summed E-state index contributed by atoms with van der Waals surface area (Å²) in [6.07, 6.45) is 0. The minimum atomic E-state index is -3.91. The summed E-state index contributed by atoms with van der Waals surface area (Å²) in [5, 5.41) is 2.91. The van der Waals surface area contributed by atoms with Gasteiger partial charge in [0.2, 0.25) is 0 Å². The van der Waals surface area contributed by atoms with Crippen molar-refractivity contribution in [3.05, 3.63) is 77.3 Å². The molecule has 7 nitrogen and oxygen atoms in total. The zero-order valence-corrected chi connectivity index (χ0v) is 18.5. The van der Waals surface area contributed by atoms with Crippen LogP contribution >= 0.6 is 11.6 Å². The zero-order chi connectivity index (χ0) is 22.4. The molecule has 0 fully saturated rings. The SMILES string of the molecule is CCOc1ccc(NC(=O)c2ccc(Cl)c(NS(=O)(=O)c3ccc(OC)cc3)c2)cc1. The number of carbonyl (C=O) groups is 1. The molecule has 0 aliphatic rings. The molecule has 0 aliphatic heterocycles. The number of carbonyl (C=O) groups excluding carboxylic acids is 1. The van der Waals surface area contributed by atoms with Crippen molar-refractivity contribution in [1.82, 2.24) is 0 Å². The summed E-state index contributed by atoms with van der Waals surface area (Å²) in [6.45, 7) is 2.43. The summed E-state index contributed by atoms with van der Waals surface area (Å²) in [5.41, 5.74) is 0.909. The van der Waals surface area contributed by atoms with Crippen LogP contribution < -0.4 is 19.5 Å². The van der Waals surface area contributed by atoms with E-state index in [1.165, 1.54) is 49.6 Å². The first-order valence-corrected chi connectivity index (χ1v) is 11.2. The van der Waals surface area contributed by atoms with Crippen LogP contribution in [-0.2, 0) is 10.0 Å². The summed E-state index contributed by atoms with van der Waals surface area (Å²) in [5.74, 6) is 0.817. The third-order valence-corrected chi connectivity index (χ3v) is 5.98. The Balaban J connectivity index is 1.78. The summed E-state index contributed by atoms with van der Waals surface area (Å²) in [7, 11) is -2.42. The van der Waals surface area contributed by atoms with Gasteiger partial charge in [-0.25, -0.2) is 8.42 Å². The quantitative estimate of drug-likeness (QED) is 0.503. The standard InChI is InChI=1S/C22H21ClN2O5S/c1-3-30-18-7-5-16(6-8-18)24-22(26)15-4-13-20(23)21(14-15)25-31(27,28)19-11-9-17(29-2)10-12-19/h4-14,25H,3H2,1-2H3,(H,24,26). The third-order valence-electron chi connectivity index (χ3n) is 4.27. The fraction of sp³-hybridized carbons (Fsp3) is 0.136. The summed E-state index contributed by atoms with van der Waals surface area (Å²) in [4.78, 5) is 12.7. The Labute approximate surface area is 186 Å². The van der Waals surface area contributed by atoms with Crippen molar-refractivity contribution in [3.8, 4) is 11.5 Å². The van der Waals surface area contributed by atoms with Crippen LogP contribution in [0.1, 0.15) is 17.3 Å². The van der Waals surface area contributed by atoms with Crippen molar-refractivity contribution < 1.29 is 22.7 Å². The highest BCUT2D eigenvalue weighted by atomic mass is 35.5. The van der Waals surface area contributed by atoms with E-state index in [2.05, 4.69) is 10.0 Å². The van der Waals surface area contributed by atoms with Crippen LogP contribution in [0.2, 0.25) is 5.02 Å². The van der Waals surface area contributed by atoms with Gasteiger partial charge in [-0.2, -0.15) is 0 Å². The molecule has 0 aliphatic carbocycles. The first-order valence-electron chi connectivity index (χ1n) is 9.33. The molecule has 0 bridgehead atoms. The molecule has 162 valence electrons. The van der Waals surface area contributed by atoms with Gasteiger partial charge in [0, 0.05) is 11.3 Å². The van der Waals surface area contributed by atoms with Gasteiger partial charge < -0.3 is 14.8 Å². The number of benzene rings is 3. The average molecular weight is 461 g/mol. The lowest BCUT2D eigenvalue weighted by atomic mass is 10.2. The third kappa shape index (κ3) is 5.68. The van der Waals surface area contributed by atoms with Gasteiger partial charge in [-0.3, -0.25) is 9.52 Å². The van der Waals surface area contributed by atoms with Gasteiger partial charge in [0.25, 0.3) is 15.9 Å². The molecule has 0 saturated heterocycles. The van der Waals surface area contributed by atoms with Gasteiger partial charge in [0.1, 0.15) is 11.5 Å². The van der Waals surface area contributed by atoms with Gasteiger partial charge in [0.05, 0.1) is 29.3 Å². The van der Waals surface area contributed by atoms with E-state index in [4.69, 9.17) is 21.1 Å². The van der Waals surface area contributed by atoms with E-state index in [1.54, 1.807) is 24.3 Å². The maximum absolute atomic E-state index is 12.7. The number of rotatable bonds is 8. The number of nitrogens with one attached hydrogen (secondary N) is 2. The summed E-state index contributed by atoms with van der Waals surface area (Å²) < 4.78 is 38.2. The molecule has 0 heterocycles. The molecule has 0 radical (unpaired) electrons. The molecule has 3 aromatic carbocycles. The molecular formula is C22H21ClN2O5S. The largest absolute Gasteiger partial charge is 0.497 e. The second-order valence-electron chi connectivity index (χ2n) is 6.39. The number of halogens is 1. The second kappa shape index (κ2) is 9.72. The van der Waals surface area contributed by atoms with E-state index in [1.807, 2.05) is 6.92 Å². The molecule has 1 amide bonds. The number of hydrogen-bond donors (Lipinski definition) is 2. The lowest BCUT2D eigenvalue weighted by Crippen LogP contribution is -2.15. The zero-order valence-electron chi connectivity index (χ0n) is 16.9. The van der Waals surface area contributed by atoms with Crippen molar-refractivity contribution >= 4 is 38.9 Å². The van der Waals surface area contributed by atoms with E-state index < -0.39 is 15.9 Å².